The highest BCUT2D eigenvalue weighted by atomic mass is 31.2. The molecule has 0 unspecified atom stereocenters. The SMILES string of the molecule is C=C[C@H](C)[C@H](O)[P@]1(=O)O[C@@H](C)CCN1C(C)(C)C. The van der Waals surface area contributed by atoms with Crippen LogP contribution >= 0.6 is 7.52 Å². The van der Waals surface area contributed by atoms with Crippen LogP contribution in [0.2, 0.25) is 0 Å². The summed E-state index contributed by atoms with van der Waals surface area (Å²) in [4.78, 5) is 0. The van der Waals surface area contributed by atoms with Gasteiger partial charge in [0.2, 0.25) is 0 Å². The van der Waals surface area contributed by atoms with Crippen LogP contribution in [0.4, 0.5) is 0 Å². The average Bonchev–Trinajstić information content (AvgIpc) is 2.24. The van der Waals surface area contributed by atoms with Gasteiger partial charge in [0.15, 0.2) is 0 Å². The summed E-state index contributed by atoms with van der Waals surface area (Å²) in [5, 5.41) is 10.4. The molecule has 0 amide bonds. The zero-order valence-corrected chi connectivity index (χ0v) is 13.0. The van der Waals surface area contributed by atoms with Gasteiger partial charge < -0.3 is 9.63 Å². The predicted molar refractivity (Wildman–Crippen MR) is 74.6 cm³/mol. The summed E-state index contributed by atoms with van der Waals surface area (Å²) in [6, 6.07) is 0. The normalized spacial score (nSPS) is 34.0. The smallest absolute Gasteiger partial charge is 0.301 e. The Morgan fingerprint density at radius 1 is 1.56 bits per heavy atom. The Hall–Kier alpha value is -0.150. The molecule has 0 spiro atoms. The molecule has 1 fully saturated rings. The first-order valence-corrected chi connectivity index (χ1v) is 8.14. The number of hydrogen-bond donors (Lipinski definition) is 1. The van der Waals surface area contributed by atoms with E-state index in [9.17, 15) is 9.67 Å². The van der Waals surface area contributed by atoms with Crippen molar-refractivity contribution in [2.75, 3.05) is 6.54 Å². The Morgan fingerprint density at radius 2 is 2.11 bits per heavy atom. The summed E-state index contributed by atoms with van der Waals surface area (Å²) >= 11 is 0. The molecule has 0 bridgehead atoms. The second-order valence-corrected chi connectivity index (χ2v) is 8.42. The minimum absolute atomic E-state index is 0.0823. The topological polar surface area (TPSA) is 49.8 Å². The Labute approximate surface area is 111 Å². The van der Waals surface area contributed by atoms with Crippen molar-refractivity contribution in [2.24, 2.45) is 5.92 Å². The van der Waals surface area contributed by atoms with Gasteiger partial charge >= 0.3 is 7.52 Å². The molecule has 1 N–H and O–H groups in total. The van der Waals surface area contributed by atoms with Crippen LogP contribution in [-0.4, -0.2) is 33.8 Å². The zero-order valence-electron chi connectivity index (χ0n) is 12.1. The second-order valence-electron chi connectivity index (χ2n) is 6.07. The third kappa shape index (κ3) is 3.05. The van der Waals surface area contributed by atoms with Crippen LogP contribution in [0.3, 0.4) is 0 Å². The maximum atomic E-state index is 13.1. The van der Waals surface area contributed by atoms with Crippen LogP contribution < -0.4 is 0 Å². The van der Waals surface area contributed by atoms with Crippen molar-refractivity contribution in [3.05, 3.63) is 12.7 Å². The minimum atomic E-state index is -3.25. The van der Waals surface area contributed by atoms with E-state index in [-0.39, 0.29) is 17.6 Å². The number of aliphatic hydroxyl groups excluding tert-OH is 1. The van der Waals surface area contributed by atoms with Crippen LogP contribution in [0.15, 0.2) is 12.7 Å². The molecule has 1 aliphatic rings. The summed E-state index contributed by atoms with van der Waals surface area (Å²) in [5.41, 5.74) is -0.294. The minimum Gasteiger partial charge on any atom is -0.381 e. The summed E-state index contributed by atoms with van der Waals surface area (Å²) in [7, 11) is -3.25. The maximum Gasteiger partial charge on any atom is 0.301 e. The van der Waals surface area contributed by atoms with E-state index in [1.165, 1.54) is 0 Å². The van der Waals surface area contributed by atoms with Crippen molar-refractivity contribution in [2.45, 2.75) is 58.5 Å². The van der Waals surface area contributed by atoms with Gasteiger partial charge in [-0.25, -0.2) is 4.67 Å². The first-order chi connectivity index (χ1) is 8.13. The number of rotatable bonds is 3. The lowest BCUT2D eigenvalue weighted by Crippen LogP contribution is -2.47. The lowest BCUT2D eigenvalue weighted by atomic mass is 10.1. The molecule has 0 aromatic heterocycles. The van der Waals surface area contributed by atoms with Crippen LogP contribution in [0.5, 0.6) is 0 Å². The van der Waals surface area contributed by atoms with Gasteiger partial charge in [0.05, 0.1) is 6.10 Å². The fourth-order valence-electron chi connectivity index (χ4n) is 2.19. The molecule has 1 heterocycles. The molecular weight excluding hydrogens is 249 g/mol. The van der Waals surface area contributed by atoms with Gasteiger partial charge in [-0.05, 0) is 34.1 Å². The first kappa shape index (κ1) is 15.9. The Morgan fingerprint density at radius 3 is 2.56 bits per heavy atom. The Bertz CT molecular complexity index is 351. The van der Waals surface area contributed by atoms with Gasteiger partial charge in [-0.2, -0.15) is 0 Å². The molecule has 0 aromatic rings. The second kappa shape index (κ2) is 5.46. The Kier molecular flexibility index (Phi) is 4.82. The van der Waals surface area contributed by atoms with E-state index in [1.54, 1.807) is 13.0 Å². The summed E-state index contributed by atoms with van der Waals surface area (Å²) < 4.78 is 20.6. The van der Waals surface area contributed by atoms with E-state index >= 15 is 0 Å². The van der Waals surface area contributed by atoms with E-state index in [1.807, 2.05) is 32.4 Å². The fraction of sp³-hybridized carbons (Fsp3) is 0.846. The van der Waals surface area contributed by atoms with Crippen LogP contribution in [-0.2, 0) is 9.09 Å². The standard InChI is InChI=1S/C13H26NO3P/c1-7-10(2)12(15)18(16)14(13(4,5)6)9-8-11(3)17-18/h7,10-12,15H,1,8-9H2,2-6H3/t10-,11-,12+,18-/m0/s1. The molecule has 1 rings (SSSR count). The predicted octanol–water partition coefficient (Wildman–Crippen LogP) is 3.23. The molecule has 0 aliphatic carbocycles. The molecule has 1 aliphatic heterocycles. The van der Waals surface area contributed by atoms with Gasteiger partial charge in [-0.1, -0.05) is 13.0 Å². The van der Waals surface area contributed by atoms with E-state index in [0.717, 1.165) is 6.42 Å². The highest BCUT2D eigenvalue weighted by Gasteiger charge is 2.49. The van der Waals surface area contributed by atoms with Gasteiger partial charge in [-0.15, -0.1) is 6.58 Å². The highest BCUT2D eigenvalue weighted by Crippen LogP contribution is 2.62. The van der Waals surface area contributed by atoms with Crippen LogP contribution in [0, 0.1) is 5.92 Å². The van der Waals surface area contributed by atoms with E-state index in [4.69, 9.17) is 4.52 Å². The summed E-state index contributed by atoms with van der Waals surface area (Å²) in [5.74, 6) is -1.28. The van der Waals surface area contributed by atoms with Crippen molar-refractivity contribution in [3.63, 3.8) is 0 Å². The lowest BCUT2D eigenvalue weighted by molar-refractivity contribution is 0.0666. The number of nitrogens with zero attached hydrogens (tertiary/aromatic N) is 1. The van der Waals surface area contributed by atoms with Gasteiger partial charge in [-0.3, -0.25) is 4.57 Å². The zero-order chi connectivity index (χ0) is 14.1. The summed E-state index contributed by atoms with van der Waals surface area (Å²) in [6.45, 7) is 14.0. The monoisotopic (exact) mass is 275 g/mol. The van der Waals surface area contributed by atoms with Crippen molar-refractivity contribution in [3.8, 4) is 0 Å². The number of aliphatic hydroxyl groups is 1. The largest absolute Gasteiger partial charge is 0.381 e. The van der Waals surface area contributed by atoms with E-state index in [0.29, 0.717) is 6.54 Å². The highest BCUT2D eigenvalue weighted by molar-refractivity contribution is 7.57. The third-order valence-corrected chi connectivity index (χ3v) is 6.64. The quantitative estimate of drug-likeness (QED) is 0.634. The molecule has 0 saturated carbocycles. The van der Waals surface area contributed by atoms with Crippen molar-refractivity contribution < 1.29 is 14.2 Å². The average molecular weight is 275 g/mol. The van der Waals surface area contributed by atoms with E-state index in [2.05, 4.69) is 6.58 Å². The molecule has 0 aromatic carbocycles. The molecule has 18 heavy (non-hydrogen) atoms. The van der Waals surface area contributed by atoms with E-state index < -0.39 is 13.4 Å². The molecule has 0 radical (unpaired) electrons. The summed E-state index contributed by atoms with van der Waals surface area (Å²) in [6.07, 6.45) is 2.37. The maximum absolute atomic E-state index is 13.1. The van der Waals surface area contributed by atoms with Gasteiger partial charge in [0, 0.05) is 18.0 Å². The van der Waals surface area contributed by atoms with Crippen molar-refractivity contribution >= 4 is 7.52 Å². The molecule has 4 atom stereocenters. The molecule has 106 valence electrons. The first-order valence-electron chi connectivity index (χ1n) is 6.49. The van der Waals surface area contributed by atoms with Crippen LogP contribution in [0.25, 0.3) is 0 Å². The number of hydrogen-bond acceptors (Lipinski definition) is 3. The van der Waals surface area contributed by atoms with Crippen molar-refractivity contribution in [1.82, 2.24) is 4.67 Å². The lowest BCUT2D eigenvalue weighted by Gasteiger charge is -2.47. The molecule has 1 saturated heterocycles. The van der Waals surface area contributed by atoms with Crippen LogP contribution in [0.1, 0.15) is 41.0 Å². The third-order valence-electron chi connectivity index (χ3n) is 3.37. The van der Waals surface area contributed by atoms with Gasteiger partial charge in [0.25, 0.3) is 0 Å². The molecule has 4 nitrogen and oxygen atoms in total. The fourth-order valence-corrected chi connectivity index (χ4v) is 5.28. The van der Waals surface area contributed by atoms with Crippen molar-refractivity contribution in [1.29, 1.82) is 0 Å². The van der Waals surface area contributed by atoms with Gasteiger partial charge in [0.1, 0.15) is 5.85 Å². The molecule has 5 heteroatoms. The molecular formula is C13H26NO3P. The Balaban J connectivity index is 3.11.